The Balaban J connectivity index is 3.47. The zero-order valence-electron chi connectivity index (χ0n) is 6.78. The van der Waals surface area contributed by atoms with E-state index in [0.717, 1.165) is 6.07 Å². The van der Waals surface area contributed by atoms with Gasteiger partial charge >= 0.3 is 0 Å². The first-order valence-corrected chi connectivity index (χ1v) is 4.51. The zero-order chi connectivity index (χ0) is 10.0. The Kier molecular flexibility index (Phi) is 2.79. The summed E-state index contributed by atoms with van der Waals surface area (Å²) in [6.45, 7) is 1.58. The van der Waals surface area contributed by atoms with Gasteiger partial charge in [0.1, 0.15) is 5.82 Å². The van der Waals surface area contributed by atoms with Gasteiger partial charge in [0.25, 0.3) is 0 Å². The quantitative estimate of drug-likeness (QED) is 0.692. The summed E-state index contributed by atoms with van der Waals surface area (Å²) in [5, 5.41) is 8.20. The van der Waals surface area contributed by atoms with Crippen LogP contribution in [0.15, 0.2) is 18.2 Å². The second kappa shape index (κ2) is 3.68. The molecule has 0 aliphatic rings. The number of aryl methyl sites for hydroxylation is 1. The van der Waals surface area contributed by atoms with Gasteiger partial charge in [-0.15, -0.1) is 0 Å². The third kappa shape index (κ3) is 2.13. The molecule has 3 nitrogen and oxygen atoms in total. The summed E-state index contributed by atoms with van der Waals surface area (Å²) in [5.74, 6) is -0.586. The van der Waals surface area contributed by atoms with Crippen LogP contribution >= 0.6 is 0 Å². The Morgan fingerprint density at radius 1 is 1.46 bits per heavy atom. The van der Waals surface area contributed by atoms with Gasteiger partial charge in [0, 0.05) is 5.56 Å². The lowest BCUT2D eigenvalue weighted by Crippen LogP contribution is -2.03. The molecule has 0 amide bonds. The maximum absolute atomic E-state index is 12.6. The number of halogens is 1. The second-order valence-electron chi connectivity index (χ2n) is 2.50. The molecule has 0 aliphatic heterocycles. The van der Waals surface area contributed by atoms with E-state index in [4.69, 9.17) is 5.11 Å². The highest BCUT2D eigenvalue weighted by molar-refractivity contribution is 7.73. The van der Waals surface area contributed by atoms with Crippen LogP contribution in [0.25, 0.3) is 0 Å². The second-order valence-corrected chi connectivity index (χ2v) is 3.36. The first kappa shape index (κ1) is 9.88. The van der Waals surface area contributed by atoms with E-state index in [1.54, 1.807) is 6.92 Å². The van der Waals surface area contributed by atoms with Crippen molar-refractivity contribution in [2.24, 2.45) is 0 Å². The van der Waals surface area contributed by atoms with Gasteiger partial charge in [-0.2, -0.15) is 8.42 Å². The zero-order valence-corrected chi connectivity index (χ0v) is 7.60. The first-order valence-electron chi connectivity index (χ1n) is 3.44. The van der Waals surface area contributed by atoms with Crippen LogP contribution in [0, 0.1) is 12.7 Å². The molecule has 0 aliphatic carbocycles. The van der Waals surface area contributed by atoms with E-state index in [-0.39, 0.29) is 5.56 Å². The SMILES string of the molecule is Cc1ccc(F)cc1C(O)=S(=O)=O. The Bertz CT molecular complexity index is 454. The normalized spacial score (nSPS) is 9.77. The maximum atomic E-state index is 12.6. The summed E-state index contributed by atoms with van der Waals surface area (Å²) < 4.78 is 33.4. The summed E-state index contributed by atoms with van der Waals surface area (Å²) in [5.41, 5.74) is 0.497. The van der Waals surface area contributed by atoms with Crippen LogP contribution in [-0.2, 0) is 10.3 Å². The molecular weight excluding hydrogens is 195 g/mol. The minimum absolute atomic E-state index is 0.00617. The van der Waals surface area contributed by atoms with Gasteiger partial charge in [-0.3, -0.25) is 0 Å². The van der Waals surface area contributed by atoms with Gasteiger partial charge in [0.05, 0.1) is 0 Å². The number of rotatable bonds is 1. The molecule has 0 bridgehead atoms. The van der Waals surface area contributed by atoms with Crippen LogP contribution in [-0.4, -0.2) is 18.6 Å². The summed E-state index contributed by atoms with van der Waals surface area (Å²) in [4.78, 5) is 0. The topological polar surface area (TPSA) is 54.4 Å². The van der Waals surface area contributed by atoms with Crippen LogP contribution in [0.2, 0.25) is 0 Å². The molecule has 0 unspecified atom stereocenters. The Morgan fingerprint density at radius 3 is 2.62 bits per heavy atom. The van der Waals surface area contributed by atoms with E-state index in [1.165, 1.54) is 12.1 Å². The van der Waals surface area contributed by atoms with Gasteiger partial charge in [-0.1, -0.05) is 6.07 Å². The minimum Gasteiger partial charge on any atom is -0.347 e. The third-order valence-corrected chi connectivity index (χ3v) is 2.12. The van der Waals surface area contributed by atoms with Crippen molar-refractivity contribution in [2.75, 3.05) is 0 Å². The van der Waals surface area contributed by atoms with Crippen LogP contribution < -0.4 is 0 Å². The lowest BCUT2D eigenvalue weighted by molar-refractivity contribution is 0.558. The third-order valence-electron chi connectivity index (χ3n) is 1.59. The lowest BCUT2D eigenvalue weighted by Gasteiger charge is -2.00. The molecule has 1 N–H and O–H groups in total. The highest BCUT2D eigenvalue weighted by Gasteiger charge is 2.06. The average Bonchev–Trinajstić information content (AvgIpc) is 2.08. The molecule has 0 spiro atoms. The van der Waals surface area contributed by atoms with Crippen molar-refractivity contribution < 1.29 is 17.9 Å². The number of aliphatic hydroxyl groups excluding tert-OH is 1. The highest BCUT2D eigenvalue weighted by atomic mass is 32.2. The number of hydrogen-bond acceptors (Lipinski definition) is 2. The molecule has 5 heteroatoms. The molecule has 0 saturated carbocycles. The largest absolute Gasteiger partial charge is 0.347 e. The van der Waals surface area contributed by atoms with Gasteiger partial charge in [0.15, 0.2) is 0 Å². The average molecular weight is 202 g/mol. The van der Waals surface area contributed by atoms with E-state index in [0.29, 0.717) is 5.56 Å². The molecule has 1 aromatic carbocycles. The number of hydrogen-bond donors (Lipinski definition) is 1. The summed E-state index contributed by atoms with van der Waals surface area (Å²) >= 11 is 0. The number of benzene rings is 1. The van der Waals surface area contributed by atoms with Gasteiger partial charge < -0.3 is 5.11 Å². The van der Waals surface area contributed by atoms with Gasteiger partial charge in [-0.05, 0) is 24.6 Å². The van der Waals surface area contributed by atoms with E-state index in [1.807, 2.05) is 0 Å². The van der Waals surface area contributed by atoms with Crippen molar-refractivity contribution in [3.05, 3.63) is 35.1 Å². The molecule has 0 fully saturated rings. The molecule has 0 heterocycles. The van der Waals surface area contributed by atoms with E-state index < -0.39 is 21.2 Å². The van der Waals surface area contributed by atoms with Crippen molar-refractivity contribution in [3.63, 3.8) is 0 Å². The molecule has 70 valence electrons. The predicted octanol–water partition coefficient (Wildman–Crippen LogP) is 1.05. The molecule has 13 heavy (non-hydrogen) atoms. The summed E-state index contributed by atoms with van der Waals surface area (Å²) in [6, 6.07) is 3.56. The monoisotopic (exact) mass is 202 g/mol. The first-order chi connectivity index (χ1) is 6.02. The molecule has 0 atom stereocenters. The van der Waals surface area contributed by atoms with E-state index >= 15 is 0 Å². The Morgan fingerprint density at radius 2 is 2.08 bits per heavy atom. The summed E-state index contributed by atoms with van der Waals surface area (Å²) in [6.07, 6.45) is 0. The highest BCUT2D eigenvalue weighted by Crippen LogP contribution is 2.09. The van der Waals surface area contributed by atoms with Gasteiger partial charge in [0.2, 0.25) is 15.3 Å². The van der Waals surface area contributed by atoms with Gasteiger partial charge in [-0.25, -0.2) is 4.39 Å². The molecule has 1 aromatic rings. The number of aliphatic hydroxyl groups is 1. The molecule has 0 saturated heterocycles. The van der Waals surface area contributed by atoms with Crippen molar-refractivity contribution in [1.29, 1.82) is 0 Å². The van der Waals surface area contributed by atoms with Crippen molar-refractivity contribution in [1.82, 2.24) is 0 Å². The smallest absolute Gasteiger partial charge is 0.245 e. The van der Waals surface area contributed by atoms with Crippen LogP contribution in [0.5, 0.6) is 0 Å². The van der Waals surface area contributed by atoms with E-state index in [2.05, 4.69) is 0 Å². The maximum Gasteiger partial charge on any atom is 0.245 e. The Hall–Kier alpha value is -1.20. The van der Waals surface area contributed by atoms with Crippen molar-refractivity contribution in [2.45, 2.75) is 6.92 Å². The molecule has 0 radical (unpaired) electrons. The van der Waals surface area contributed by atoms with Crippen LogP contribution in [0.1, 0.15) is 11.1 Å². The fourth-order valence-corrected chi connectivity index (χ4v) is 1.31. The molecular formula is C8H7FO3S. The van der Waals surface area contributed by atoms with Crippen molar-refractivity contribution >= 4 is 15.3 Å². The fourth-order valence-electron chi connectivity index (χ4n) is 0.914. The molecule has 1 rings (SSSR count). The predicted molar refractivity (Wildman–Crippen MR) is 46.8 cm³/mol. The Labute approximate surface area is 76.0 Å². The molecule has 0 aromatic heterocycles. The van der Waals surface area contributed by atoms with Crippen molar-refractivity contribution in [3.8, 4) is 0 Å². The lowest BCUT2D eigenvalue weighted by atomic mass is 10.1. The van der Waals surface area contributed by atoms with Crippen LogP contribution in [0.4, 0.5) is 4.39 Å². The van der Waals surface area contributed by atoms with E-state index in [9.17, 15) is 12.8 Å². The standard InChI is InChI=1S/C8H7FO3S/c1-5-2-3-6(9)4-7(5)8(10)13(11)12/h2-4,10H,1H3. The summed E-state index contributed by atoms with van der Waals surface area (Å²) in [7, 11) is -2.72. The minimum atomic E-state index is -2.72. The van der Waals surface area contributed by atoms with Crippen LogP contribution in [0.3, 0.4) is 0 Å². The fraction of sp³-hybridized carbons (Fsp3) is 0.125.